The van der Waals surface area contributed by atoms with Crippen molar-refractivity contribution in [1.82, 2.24) is 15.1 Å². The first-order chi connectivity index (χ1) is 6.61. The van der Waals surface area contributed by atoms with E-state index in [-0.39, 0.29) is 0 Å². The Morgan fingerprint density at radius 1 is 1.50 bits per heavy atom. The van der Waals surface area contributed by atoms with Gasteiger partial charge in [-0.3, -0.25) is 10.3 Å². The van der Waals surface area contributed by atoms with Crippen LogP contribution in [0.15, 0.2) is 0 Å². The third-order valence-corrected chi connectivity index (χ3v) is 2.51. The van der Waals surface area contributed by atoms with E-state index in [1.807, 2.05) is 0 Å². The van der Waals surface area contributed by atoms with Crippen molar-refractivity contribution in [3.8, 4) is 0 Å². The molecule has 0 aliphatic heterocycles. The van der Waals surface area contributed by atoms with Crippen LogP contribution >= 0.6 is 11.3 Å². The summed E-state index contributed by atoms with van der Waals surface area (Å²) in [5, 5.41) is 9.54. The van der Waals surface area contributed by atoms with Crippen molar-refractivity contribution in [3.05, 3.63) is 5.01 Å². The van der Waals surface area contributed by atoms with Gasteiger partial charge in [0.2, 0.25) is 5.13 Å². The first-order valence-corrected chi connectivity index (χ1v) is 5.41. The van der Waals surface area contributed by atoms with E-state index in [1.165, 1.54) is 11.3 Å². The number of nitrogens with zero attached hydrogens (tertiary/aromatic N) is 3. The molecule has 14 heavy (non-hydrogen) atoms. The fourth-order valence-electron chi connectivity index (χ4n) is 1.29. The molecule has 0 atom stereocenters. The lowest BCUT2D eigenvalue weighted by Crippen LogP contribution is -2.22. The molecule has 5 nitrogen and oxygen atoms in total. The lowest BCUT2D eigenvalue weighted by atomic mass is 10.2. The molecule has 80 valence electrons. The van der Waals surface area contributed by atoms with E-state index in [1.54, 1.807) is 0 Å². The Balaban J connectivity index is 2.43. The highest BCUT2D eigenvalue weighted by atomic mass is 32.1. The van der Waals surface area contributed by atoms with Crippen molar-refractivity contribution in [2.24, 2.45) is 11.8 Å². The molecule has 0 amide bonds. The van der Waals surface area contributed by atoms with Crippen LogP contribution in [0.1, 0.15) is 18.9 Å². The number of hydrogen-bond donors (Lipinski definition) is 2. The summed E-state index contributed by atoms with van der Waals surface area (Å²) in [6, 6.07) is 0. The highest BCUT2D eigenvalue weighted by molar-refractivity contribution is 7.15. The topological polar surface area (TPSA) is 67.1 Å². The molecule has 0 saturated heterocycles. The summed E-state index contributed by atoms with van der Waals surface area (Å²) in [6.07, 6.45) is 0. The van der Waals surface area contributed by atoms with Gasteiger partial charge in [-0.25, -0.2) is 5.84 Å². The van der Waals surface area contributed by atoms with E-state index in [0.717, 1.165) is 18.1 Å². The molecular formula is C8H17N5S. The predicted octanol–water partition coefficient (Wildman–Crippen LogP) is 0.912. The van der Waals surface area contributed by atoms with Crippen LogP contribution in [0.4, 0.5) is 5.13 Å². The molecule has 3 N–H and O–H groups in total. The standard InChI is InChI=1S/C8H17N5S/c1-6(2)4-13(3)5-7-11-12-8(10-9)14-7/h6H,4-5,9H2,1-3H3,(H,10,12). The van der Waals surface area contributed by atoms with Crippen molar-refractivity contribution >= 4 is 16.5 Å². The second-order valence-electron chi connectivity index (χ2n) is 3.74. The van der Waals surface area contributed by atoms with E-state index in [4.69, 9.17) is 5.84 Å². The van der Waals surface area contributed by atoms with Crippen molar-refractivity contribution in [2.45, 2.75) is 20.4 Å². The van der Waals surface area contributed by atoms with Crippen LogP contribution in [0, 0.1) is 5.92 Å². The molecule has 0 radical (unpaired) electrons. The number of nitrogens with two attached hydrogens (primary N) is 1. The fraction of sp³-hybridized carbons (Fsp3) is 0.750. The lowest BCUT2D eigenvalue weighted by Gasteiger charge is -2.16. The summed E-state index contributed by atoms with van der Waals surface area (Å²) in [4.78, 5) is 2.23. The Kier molecular flexibility index (Phi) is 4.24. The van der Waals surface area contributed by atoms with Gasteiger partial charge in [0, 0.05) is 6.54 Å². The number of rotatable bonds is 5. The second kappa shape index (κ2) is 5.23. The Morgan fingerprint density at radius 2 is 2.21 bits per heavy atom. The quantitative estimate of drug-likeness (QED) is 0.564. The van der Waals surface area contributed by atoms with Crippen molar-refractivity contribution < 1.29 is 0 Å². The second-order valence-corrected chi connectivity index (χ2v) is 4.80. The van der Waals surface area contributed by atoms with Gasteiger partial charge >= 0.3 is 0 Å². The molecule has 0 saturated carbocycles. The average molecular weight is 215 g/mol. The van der Waals surface area contributed by atoms with E-state index in [2.05, 4.69) is 41.4 Å². The van der Waals surface area contributed by atoms with Crippen LogP contribution in [0.25, 0.3) is 0 Å². The normalized spacial score (nSPS) is 11.3. The number of hydrazine groups is 1. The minimum absolute atomic E-state index is 0.665. The average Bonchev–Trinajstić information content (AvgIpc) is 2.50. The zero-order chi connectivity index (χ0) is 10.6. The van der Waals surface area contributed by atoms with E-state index < -0.39 is 0 Å². The zero-order valence-electron chi connectivity index (χ0n) is 8.82. The van der Waals surface area contributed by atoms with Crippen molar-refractivity contribution in [2.75, 3.05) is 19.0 Å². The smallest absolute Gasteiger partial charge is 0.219 e. The molecule has 0 unspecified atom stereocenters. The molecule has 6 heteroatoms. The van der Waals surface area contributed by atoms with Gasteiger partial charge < -0.3 is 0 Å². The fourth-order valence-corrected chi connectivity index (χ4v) is 2.02. The SMILES string of the molecule is CC(C)CN(C)Cc1nnc(NN)s1. The number of aromatic nitrogens is 2. The molecule has 0 aromatic carbocycles. The van der Waals surface area contributed by atoms with Gasteiger partial charge in [-0.2, -0.15) is 0 Å². The maximum Gasteiger partial charge on any atom is 0.219 e. The molecule has 1 heterocycles. The van der Waals surface area contributed by atoms with Crippen LogP contribution in [0.5, 0.6) is 0 Å². The Bertz CT molecular complexity index is 272. The summed E-state index contributed by atoms with van der Waals surface area (Å²) in [5.41, 5.74) is 2.49. The molecule has 1 aromatic heterocycles. The predicted molar refractivity (Wildman–Crippen MR) is 58.9 cm³/mol. The molecule has 0 aliphatic carbocycles. The Hall–Kier alpha value is -0.720. The van der Waals surface area contributed by atoms with Gasteiger partial charge in [-0.05, 0) is 13.0 Å². The molecule has 1 rings (SSSR count). The van der Waals surface area contributed by atoms with Gasteiger partial charge in [-0.1, -0.05) is 25.2 Å². The summed E-state index contributed by atoms with van der Waals surface area (Å²) in [5.74, 6) is 5.89. The maximum absolute atomic E-state index is 5.22. The molecular weight excluding hydrogens is 198 g/mol. The minimum atomic E-state index is 0.665. The maximum atomic E-state index is 5.22. The van der Waals surface area contributed by atoms with E-state index in [9.17, 15) is 0 Å². The molecule has 0 bridgehead atoms. The van der Waals surface area contributed by atoms with Gasteiger partial charge in [0.15, 0.2) is 0 Å². The van der Waals surface area contributed by atoms with Crippen molar-refractivity contribution in [1.29, 1.82) is 0 Å². The highest BCUT2D eigenvalue weighted by Gasteiger charge is 2.07. The summed E-state index contributed by atoms with van der Waals surface area (Å²) >= 11 is 1.49. The molecule has 0 spiro atoms. The Labute approximate surface area is 88.3 Å². The van der Waals surface area contributed by atoms with Gasteiger partial charge in [-0.15, -0.1) is 10.2 Å². The minimum Gasteiger partial charge on any atom is -0.299 e. The summed E-state index contributed by atoms with van der Waals surface area (Å²) in [6.45, 7) is 6.29. The van der Waals surface area contributed by atoms with E-state index in [0.29, 0.717) is 11.0 Å². The van der Waals surface area contributed by atoms with Gasteiger partial charge in [0.05, 0.1) is 6.54 Å². The highest BCUT2D eigenvalue weighted by Crippen LogP contribution is 2.15. The number of anilines is 1. The van der Waals surface area contributed by atoms with Crippen LogP contribution in [-0.4, -0.2) is 28.7 Å². The lowest BCUT2D eigenvalue weighted by molar-refractivity contribution is 0.287. The third-order valence-electron chi connectivity index (χ3n) is 1.67. The molecule has 0 aliphatic rings. The Morgan fingerprint density at radius 3 is 2.71 bits per heavy atom. The van der Waals surface area contributed by atoms with Crippen LogP contribution in [0.3, 0.4) is 0 Å². The van der Waals surface area contributed by atoms with E-state index >= 15 is 0 Å². The first kappa shape index (κ1) is 11.4. The third kappa shape index (κ3) is 3.57. The van der Waals surface area contributed by atoms with Gasteiger partial charge in [0.1, 0.15) is 5.01 Å². The largest absolute Gasteiger partial charge is 0.299 e. The zero-order valence-corrected chi connectivity index (χ0v) is 9.64. The first-order valence-electron chi connectivity index (χ1n) is 4.59. The van der Waals surface area contributed by atoms with Crippen LogP contribution in [-0.2, 0) is 6.54 Å². The summed E-state index contributed by atoms with van der Waals surface area (Å²) in [7, 11) is 2.08. The molecule has 1 aromatic rings. The number of nitrogen functional groups attached to an aromatic ring is 1. The molecule has 0 fully saturated rings. The van der Waals surface area contributed by atoms with Crippen LogP contribution in [0.2, 0.25) is 0 Å². The summed E-state index contributed by atoms with van der Waals surface area (Å²) < 4.78 is 0. The number of hydrogen-bond acceptors (Lipinski definition) is 6. The monoisotopic (exact) mass is 215 g/mol. The van der Waals surface area contributed by atoms with Crippen LogP contribution < -0.4 is 11.3 Å². The van der Waals surface area contributed by atoms with Gasteiger partial charge in [0.25, 0.3) is 0 Å². The van der Waals surface area contributed by atoms with Crippen molar-refractivity contribution in [3.63, 3.8) is 0 Å². The number of nitrogens with one attached hydrogen (secondary N) is 1.